The van der Waals surface area contributed by atoms with Crippen LogP contribution in [-0.2, 0) is 16.0 Å². The van der Waals surface area contributed by atoms with Gasteiger partial charge in [0.25, 0.3) is 0 Å². The van der Waals surface area contributed by atoms with Crippen molar-refractivity contribution in [2.75, 3.05) is 21.3 Å². The predicted molar refractivity (Wildman–Crippen MR) is 71.6 cm³/mol. The smallest absolute Gasteiger partial charge is 0.330 e. The van der Waals surface area contributed by atoms with Crippen molar-refractivity contribution in [3.8, 4) is 17.2 Å². The maximum Gasteiger partial charge on any atom is 0.330 e. The Kier molecular flexibility index (Phi) is 5.23. The van der Waals surface area contributed by atoms with E-state index in [1.165, 1.54) is 33.5 Å². The summed E-state index contributed by atoms with van der Waals surface area (Å²) in [5.41, 5.74) is 1.08. The number of phenols is 1. The Morgan fingerprint density at radius 2 is 1.89 bits per heavy atom. The van der Waals surface area contributed by atoms with E-state index in [-0.39, 0.29) is 5.75 Å². The number of aromatic hydroxyl groups is 1. The second kappa shape index (κ2) is 6.68. The van der Waals surface area contributed by atoms with Crippen molar-refractivity contribution in [1.82, 2.24) is 0 Å². The van der Waals surface area contributed by atoms with Crippen molar-refractivity contribution >= 4 is 12.0 Å². The van der Waals surface area contributed by atoms with Crippen LogP contribution in [0.4, 0.5) is 0 Å². The van der Waals surface area contributed by atoms with Gasteiger partial charge in [0, 0.05) is 17.7 Å². The van der Waals surface area contributed by atoms with E-state index in [0.29, 0.717) is 29.0 Å². The summed E-state index contributed by atoms with van der Waals surface area (Å²) in [6.07, 6.45) is 3.28. The molecule has 1 rings (SSSR count). The Bertz CT molecular complexity index is 491. The van der Waals surface area contributed by atoms with Gasteiger partial charge in [-0.3, -0.25) is 0 Å². The monoisotopic (exact) mass is 266 g/mol. The Morgan fingerprint density at radius 3 is 2.37 bits per heavy atom. The standard InChI is InChI=1S/C14H18O5/c1-5-9-11(17-2)8-12(18-3)10(14(9)16)6-7-13(15)19-4/h6-8,16H,5H2,1-4H3/b7-6+. The number of rotatable bonds is 5. The van der Waals surface area contributed by atoms with Gasteiger partial charge >= 0.3 is 5.97 Å². The van der Waals surface area contributed by atoms with E-state index in [9.17, 15) is 9.90 Å². The molecule has 0 unspecified atom stereocenters. The normalized spacial score (nSPS) is 10.5. The zero-order chi connectivity index (χ0) is 14.4. The lowest BCUT2D eigenvalue weighted by atomic mass is 10.0. The van der Waals surface area contributed by atoms with Gasteiger partial charge in [-0.25, -0.2) is 4.79 Å². The van der Waals surface area contributed by atoms with Crippen LogP contribution >= 0.6 is 0 Å². The molecule has 0 bridgehead atoms. The predicted octanol–water partition coefficient (Wildman–Crippen LogP) is 2.16. The number of phenolic OH excluding ortho intramolecular Hbond substituents is 1. The van der Waals surface area contributed by atoms with Crippen molar-refractivity contribution in [2.45, 2.75) is 13.3 Å². The molecule has 104 valence electrons. The number of methoxy groups -OCH3 is 3. The Balaban J connectivity index is 3.36. The summed E-state index contributed by atoms with van der Waals surface area (Å²) in [4.78, 5) is 11.1. The lowest BCUT2D eigenvalue weighted by Crippen LogP contribution is -1.98. The van der Waals surface area contributed by atoms with Crippen LogP contribution in [0, 0.1) is 0 Å². The average molecular weight is 266 g/mol. The fraction of sp³-hybridized carbons (Fsp3) is 0.357. The molecule has 0 aliphatic rings. The lowest BCUT2D eigenvalue weighted by Gasteiger charge is -2.14. The zero-order valence-electron chi connectivity index (χ0n) is 11.5. The van der Waals surface area contributed by atoms with Crippen LogP contribution in [0.3, 0.4) is 0 Å². The molecule has 1 aromatic carbocycles. The molecule has 0 spiro atoms. The highest BCUT2D eigenvalue weighted by atomic mass is 16.5. The number of esters is 1. The largest absolute Gasteiger partial charge is 0.507 e. The molecular formula is C14H18O5. The average Bonchev–Trinajstić information content (AvgIpc) is 2.44. The molecule has 0 heterocycles. The van der Waals surface area contributed by atoms with E-state index in [1.807, 2.05) is 6.92 Å². The van der Waals surface area contributed by atoms with Crippen molar-refractivity contribution in [1.29, 1.82) is 0 Å². The minimum atomic E-state index is -0.504. The third kappa shape index (κ3) is 3.19. The summed E-state index contributed by atoms with van der Waals surface area (Å²) in [6, 6.07) is 1.68. The SMILES string of the molecule is CCc1c(OC)cc(OC)c(/C=C/C(=O)OC)c1O. The first-order chi connectivity index (χ1) is 9.08. The number of hydrogen-bond acceptors (Lipinski definition) is 5. The summed E-state index contributed by atoms with van der Waals surface area (Å²) in [5, 5.41) is 10.2. The van der Waals surface area contributed by atoms with Gasteiger partial charge in [-0.2, -0.15) is 0 Å². The molecule has 19 heavy (non-hydrogen) atoms. The van der Waals surface area contributed by atoms with Gasteiger partial charge in [0.05, 0.1) is 26.9 Å². The molecule has 0 aliphatic heterocycles. The third-order valence-corrected chi connectivity index (χ3v) is 2.75. The molecule has 0 radical (unpaired) electrons. The number of benzene rings is 1. The fourth-order valence-electron chi connectivity index (χ4n) is 1.75. The molecule has 0 aliphatic carbocycles. The summed E-state index contributed by atoms with van der Waals surface area (Å²) in [6.45, 7) is 1.90. The van der Waals surface area contributed by atoms with E-state index in [1.54, 1.807) is 6.07 Å². The van der Waals surface area contributed by atoms with Crippen LogP contribution in [0.25, 0.3) is 6.08 Å². The summed E-state index contributed by atoms with van der Waals surface area (Å²) >= 11 is 0. The molecule has 0 aromatic heterocycles. The highest BCUT2D eigenvalue weighted by Crippen LogP contribution is 2.39. The molecule has 0 saturated carbocycles. The second-order valence-corrected chi connectivity index (χ2v) is 3.73. The van der Waals surface area contributed by atoms with Crippen molar-refractivity contribution in [3.63, 3.8) is 0 Å². The van der Waals surface area contributed by atoms with Crippen LogP contribution in [-0.4, -0.2) is 32.4 Å². The summed E-state index contributed by atoms with van der Waals surface area (Å²) in [5.74, 6) is 0.507. The van der Waals surface area contributed by atoms with E-state index in [2.05, 4.69) is 4.74 Å². The molecular weight excluding hydrogens is 248 g/mol. The minimum Gasteiger partial charge on any atom is -0.507 e. The maximum absolute atomic E-state index is 11.1. The third-order valence-electron chi connectivity index (χ3n) is 2.75. The van der Waals surface area contributed by atoms with Crippen LogP contribution in [0.15, 0.2) is 12.1 Å². The fourth-order valence-corrected chi connectivity index (χ4v) is 1.75. The van der Waals surface area contributed by atoms with Crippen LogP contribution < -0.4 is 9.47 Å². The number of ether oxygens (including phenoxy) is 3. The van der Waals surface area contributed by atoms with Crippen LogP contribution in [0.2, 0.25) is 0 Å². The summed E-state index contributed by atoms with van der Waals surface area (Å²) < 4.78 is 14.9. The Morgan fingerprint density at radius 1 is 1.26 bits per heavy atom. The van der Waals surface area contributed by atoms with Gasteiger partial charge in [-0.15, -0.1) is 0 Å². The van der Waals surface area contributed by atoms with Crippen LogP contribution in [0.1, 0.15) is 18.1 Å². The first-order valence-corrected chi connectivity index (χ1v) is 5.81. The lowest BCUT2D eigenvalue weighted by molar-refractivity contribution is -0.134. The Hall–Kier alpha value is -2.17. The highest BCUT2D eigenvalue weighted by molar-refractivity contribution is 5.88. The zero-order valence-corrected chi connectivity index (χ0v) is 11.5. The van der Waals surface area contributed by atoms with Crippen LogP contribution in [0.5, 0.6) is 17.2 Å². The highest BCUT2D eigenvalue weighted by Gasteiger charge is 2.16. The molecule has 0 fully saturated rings. The number of carbonyl (C=O) groups is 1. The minimum absolute atomic E-state index is 0.0406. The topological polar surface area (TPSA) is 65.0 Å². The molecule has 5 nitrogen and oxygen atoms in total. The molecule has 1 aromatic rings. The molecule has 1 N–H and O–H groups in total. The second-order valence-electron chi connectivity index (χ2n) is 3.73. The molecule has 0 amide bonds. The first-order valence-electron chi connectivity index (χ1n) is 5.81. The number of carbonyl (C=O) groups excluding carboxylic acids is 1. The van der Waals surface area contributed by atoms with Gasteiger partial charge in [0.1, 0.15) is 17.2 Å². The van der Waals surface area contributed by atoms with Gasteiger partial charge in [-0.05, 0) is 12.5 Å². The molecule has 0 atom stereocenters. The molecule has 5 heteroatoms. The quantitative estimate of drug-likeness (QED) is 0.653. The number of hydrogen-bond donors (Lipinski definition) is 1. The molecule has 0 saturated heterocycles. The van der Waals surface area contributed by atoms with E-state index in [4.69, 9.17) is 9.47 Å². The van der Waals surface area contributed by atoms with Crippen molar-refractivity contribution < 1.29 is 24.1 Å². The Labute approximate surface area is 112 Å². The maximum atomic E-state index is 11.1. The van der Waals surface area contributed by atoms with E-state index >= 15 is 0 Å². The van der Waals surface area contributed by atoms with Gasteiger partial charge in [-0.1, -0.05) is 6.92 Å². The van der Waals surface area contributed by atoms with Gasteiger partial charge < -0.3 is 19.3 Å². The van der Waals surface area contributed by atoms with Gasteiger partial charge in [0.2, 0.25) is 0 Å². The van der Waals surface area contributed by atoms with Gasteiger partial charge in [0.15, 0.2) is 0 Å². The van der Waals surface area contributed by atoms with E-state index in [0.717, 1.165) is 0 Å². The van der Waals surface area contributed by atoms with Crippen molar-refractivity contribution in [3.05, 3.63) is 23.3 Å². The summed E-state index contributed by atoms with van der Waals surface area (Å²) in [7, 11) is 4.29. The first kappa shape index (κ1) is 14.9. The van der Waals surface area contributed by atoms with E-state index < -0.39 is 5.97 Å². The van der Waals surface area contributed by atoms with Crippen molar-refractivity contribution in [2.24, 2.45) is 0 Å².